The van der Waals surface area contributed by atoms with Crippen molar-refractivity contribution in [2.45, 2.75) is 13.8 Å². The average Bonchev–Trinajstić information content (AvgIpc) is 2.47. The highest BCUT2D eigenvalue weighted by molar-refractivity contribution is 6.39. The van der Waals surface area contributed by atoms with Gasteiger partial charge in [0.15, 0.2) is 0 Å². The molecular weight excluding hydrogens is 319 g/mol. The molecule has 0 radical (unpaired) electrons. The molecule has 0 aliphatic rings. The first-order valence-corrected chi connectivity index (χ1v) is 7.83. The number of para-hydroxylation sites is 1. The number of likely N-dealkylation sites (N-methyl/N-ethyl adjacent to an activating group) is 1. The zero-order valence-electron chi connectivity index (χ0n) is 12.6. The highest BCUT2D eigenvalue weighted by Gasteiger charge is 2.15. The van der Waals surface area contributed by atoms with Crippen LogP contribution in [-0.2, 0) is 4.79 Å². The van der Waals surface area contributed by atoms with Crippen molar-refractivity contribution in [3.8, 4) is 0 Å². The van der Waals surface area contributed by atoms with Crippen molar-refractivity contribution in [2.24, 2.45) is 0 Å². The Hall–Kier alpha value is -1.71. The molecule has 3 nitrogen and oxygen atoms in total. The van der Waals surface area contributed by atoms with Crippen molar-refractivity contribution in [3.05, 3.63) is 58.1 Å². The van der Waals surface area contributed by atoms with Gasteiger partial charge in [0.05, 0.1) is 22.3 Å². The molecule has 0 aliphatic heterocycles. The summed E-state index contributed by atoms with van der Waals surface area (Å²) in [5, 5.41) is 4.02. The van der Waals surface area contributed by atoms with Gasteiger partial charge >= 0.3 is 0 Å². The third-order valence-corrected chi connectivity index (χ3v) is 3.94. The molecule has 1 amide bonds. The van der Waals surface area contributed by atoms with E-state index in [2.05, 4.69) is 5.32 Å². The van der Waals surface area contributed by atoms with Crippen molar-refractivity contribution in [2.75, 3.05) is 23.3 Å². The number of rotatable bonds is 5. The van der Waals surface area contributed by atoms with Gasteiger partial charge in [0.1, 0.15) is 0 Å². The van der Waals surface area contributed by atoms with Crippen molar-refractivity contribution in [3.63, 3.8) is 0 Å². The van der Waals surface area contributed by atoms with Crippen LogP contribution in [0.3, 0.4) is 0 Å². The lowest BCUT2D eigenvalue weighted by Crippen LogP contribution is -2.35. The van der Waals surface area contributed by atoms with Crippen LogP contribution in [-0.4, -0.2) is 19.0 Å². The van der Waals surface area contributed by atoms with E-state index in [1.54, 1.807) is 23.1 Å². The molecule has 0 saturated carbocycles. The molecule has 0 aromatic heterocycles. The number of halogens is 2. The number of amides is 1. The molecule has 0 aliphatic carbocycles. The molecular formula is C17H18Cl2N2O. The number of hydrogen-bond donors (Lipinski definition) is 1. The molecule has 2 rings (SSSR count). The summed E-state index contributed by atoms with van der Waals surface area (Å²) >= 11 is 12.2. The lowest BCUT2D eigenvalue weighted by molar-refractivity contribution is -0.116. The predicted molar refractivity (Wildman–Crippen MR) is 94.2 cm³/mol. The van der Waals surface area contributed by atoms with Gasteiger partial charge in [-0.05, 0) is 43.7 Å². The second-order valence-corrected chi connectivity index (χ2v) is 5.74. The minimum Gasteiger partial charge on any atom is -0.374 e. The van der Waals surface area contributed by atoms with Gasteiger partial charge in [-0.1, -0.05) is 41.4 Å². The molecule has 0 bridgehead atoms. The third kappa shape index (κ3) is 3.93. The monoisotopic (exact) mass is 336 g/mol. The van der Waals surface area contributed by atoms with Gasteiger partial charge in [0.2, 0.25) is 5.91 Å². The summed E-state index contributed by atoms with van der Waals surface area (Å²) in [6.07, 6.45) is 0. The molecule has 116 valence electrons. The van der Waals surface area contributed by atoms with Gasteiger partial charge in [0, 0.05) is 12.2 Å². The Balaban J connectivity index is 2.10. The normalized spacial score (nSPS) is 10.4. The standard InChI is InChI=1S/C17H18Cl2N2O/c1-3-21(13-7-4-6-12(2)10-13)16(22)11-20-17-14(18)8-5-9-15(17)19/h4-10,20H,3,11H2,1-2H3. The molecule has 2 aromatic carbocycles. The number of aryl methyl sites for hydroxylation is 1. The van der Waals surface area contributed by atoms with Crippen molar-refractivity contribution >= 4 is 40.5 Å². The van der Waals surface area contributed by atoms with E-state index >= 15 is 0 Å². The average molecular weight is 337 g/mol. The van der Waals surface area contributed by atoms with Crippen LogP contribution >= 0.6 is 23.2 Å². The highest BCUT2D eigenvalue weighted by Crippen LogP contribution is 2.29. The number of nitrogens with zero attached hydrogens (tertiary/aromatic N) is 1. The van der Waals surface area contributed by atoms with Gasteiger partial charge < -0.3 is 10.2 Å². The maximum atomic E-state index is 12.5. The van der Waals surface area contributed by atoms with Crippen LogP contribution in [0.15, 0.2) is 42.5 Å². The fourth-order valence-corrected chi connectivity index (χ4v) is 2.76. The summed E-state index contributed by atoms with van der Waals surface area (Å²) in [5.74, 6) is -0.0379. The molecule has 2 aromatic rings. The number of nitrogens with one attached hydrogen (secondary N) is 1. The lowest BCUT2D eigenvalue weighted by atomic mass is 10.2. The molecule has 0 atom stereocenters. The summed E-state index contributed by atoms with van der Waals surface area (Å²) < 4.78 is 0. The van der Waals surface area contributed by atoms with E-state index in [0.717, 1.165) is 11.3 Å². The van der Waals surface area contributed by atoms with Crippen LogP contribution in [0.5, 0.6) is 0 Å². The SMILES string of the molecule is CCN(C(=O)CNc1c(Cl)cccc1Cl)c1cccc(C)c1. The van der Waals surface area contributed by atoms with Gasteiger partial charge in [-0.15, -0.1) is 0 Å². The first kappa shape index (κ1) is 16.7. The summed E-state index contributed by atoms with van der Waals surface area (Å²) in [4.78, 5) is 14.2. The van der Waals surface area contributed by atoms with Crippen LogP contribution in [0, 0.1) is 6.92 Å². The van der Waals surface area contributed by atoms with Crippen LogP contribution < -0.4 is 10.2 Å². The predicted octanol–water partition coefficient (Wildman–Crippen LogP) is 4.77. The zero-order chi connectivity index (χ0) is 16.1. The van der Waals surface area contributed by atoms with E-state index in [0.29, 0.717) is 22.3 Å². The lowest BCUT2D eigenvalue weighted by Gasteiger charge is -2.22. The van der Waals surface area contributed by atoms with E-state index in [9.17, 15) is 4.79 Å². The Morgan fingerprint density at radius 1 is 1.14 bits per heavy atom. The first-order valence-electron chi connectivity index (χ1n) is 7.08. The van der Waals surface area contributed by atoms with Crippen molar-refractivity contribution in [1.29, 1.82) is 0 Å². The molecule has 0 saturated heterocycles. The fourth-order valence-electron chi connectivity index (χ4n) is 2.22. The molecule has 0 spiro atoms. The Labute approximate surface area is 140 Å². The molecule has 5 heteroatoms. The van der Waals surface area contributed by atoms with E-state index < -0.39 is 0 Å². The number of anilines is 2. The van der Waals surface area contributed by atoms with Gasteiger partial charge in [-0.2, -0.15) is 0 Å². The van der Waals surface area contributed by atoms with Crippen molar-refractivity contribution in [1.82, 2.24) is 0 Å². The molecule has 22 heavy (non-hydrogen) atoms. The van der Waals surface area contributed by atoms with E-state index in [1.807, 2.05) is 38.1 Å². The Morgan fingerprint density at radius 3 is 2.36 bits per heavy atom. The quantitative estimate of drug-likeness (QED) is 0.853. The maximum absolute atomic E-state index is 12.5. The number of carbonyl (C=O) groups is 1. The summed E-state index contributed by atoms with van der Waals surface area (Å²) in [7, 11) is 0. The van der Waals surface area contributed by atoms with E-state index in [1.165, 1.54) is 0 Å². The largest absolute Gasteiger partial charge is 0.374 e. The number of carbonyl (C=O) groups excluding carboxylic acids is 1. The van der Waals surface area contributed by atoms with E-state index in [4.69, 9.17) is 23.2 Å². The fraction of sp³-hybridized carbons (Fsp3) is 0.235. The summed E-state index contributed by atoms with van der Waals surface area (Å²) in [6, 6.07) is 13.1. The maximum Gasteiger partial charge on any atom is 0.246 e. The minimum atomic E-state index is -0.0379. The third-order valence-electron chi connectivity index (χ3n) is 3.31. The minimum absolute atomic E-state index is 0.0379. The second-order valence-electron chi connectivity index (χ2n) is 4.93. The summed E-state index contributed by atoms with van der Waals surface area (Å²) in [6.45, 7) is 4.68. The van der Waals surface area contributed by atoms with Crippen LogP contribution in [0.2, 0.25) is 10.0 Å². The topological polar surface area (TPSA) is 32.3 Å². The molecule has 1 N–H and O–H groups in total. The first-order chi connectivity index (χ1) is 10.5. The van der Waals surface area contributed by atoms with Gasteiger partial charge in [-0.3, -0.25) is 4.79 Å². The van der Waals surface area contributed by atoms with Gasteiger partial charge in [-0.25, -0.2) is 0 Å². The molecule has 0 heterocycles. The van der Waals surface area contributed by atoms with Crippen LogP contribution in [0.25, 0.3) is 0 Å². The zero-order valence-corrected chi connectivity index (χ0v) is 14.1. The van der Waals surface area contributed by atoms with Crippen LogP contribution in [0.4, 0.5) is 11.4 Å². The van der Waals surface area contributed by atoms with Crippen molar-refractivity contribution < 1.29 is 4.79 Å². The highest BCUT2D eigenvalue weighted by atomic mass is 35.5. The number of benzene rings is 2. The Kier molecular flexibility index (Phi) is 5.69. The Morgan fingerprint density at radius 2 is 1.77 bits per heavy atom. The molecule has 0 fully saturated rings. The Bertz CT molecular complexity index is 653. The smallest absolute Gasteiger partial charge is 0.246 e. The van der Waals surface area contributed by atoms with Gasteiger partial charge in [0.25, 0.3) is 0 Å². The molecule has 0 unspecified atom stereocenters. The summed E-state index contributed by atoms with van der Waals surface area (Å²) in [5.41, 5.74) is 2.59. The van der Waals surface area contributed by atoms with Crippen LogP contribution in [0.1, 0.15) is 12.5 Å². The van der Waals surface area contributed by atoms with E-state index in [-0.39, 0.29) is 12.5 Å². The number of hydrogen-bond acceptors (Lipinski definition) is 2. The second kappa shape index (κ2) is 7.52.